The summed E-state index contributed by atoms with van der Waals surface area (Å²) in [7, 11) is 0. The third-order valence-electron chi connectivity index (χ3n) is 2.35. The molecule has 0 aliphatic carbocycles. The Bertz CT molecular complexity index is 553. The van der Waals surface area contributed by atoms with Crippen molar-refractivity contribution in [3.8, 4) is 0 Å². The minimum absolute atomic E-state index is 0.144. The van der Waals surface area contributed by atoms with Gasteiger partial charge in [-0.2, -0.15) is 22.5 Å². The summed E-state index contributed by atoms with van der Waals surface area (Å²) in [6.45, 7) is 0.797. The quantitative estimate of drug-likeness (QED) is 0.907. The minimum Gasteiger partial charge on any atom is -0.356 e. The average molecular weight is 288 g/mol. The Labute approximate surface area is 111 Å². The Morgan fingerprint density at radius 3 is 2.63 bits per heavy atom. The lowest BCUT2D eigenvalue weighted by atomic mass is 10.1. The summed E-state index contributed by atoms with van der Waals surface area (Å²) < 4.78 is 40.2. The maximum Gasteiger partial charge on any atom is 0.452 e. The van der Waals surface area contributed by atoms with E-state index >= 15 is 0 Å². The first-order chi connectivity index (χ1) is 8.99. The van der Waals surface area contributed by atoms with E-state index in [1.54, 1.807) is 0 Å². The van der Waals surface area contributed by atoms with Crippen molar-refractivity contribution in [3.05, 3.63) is 41.2 Å². The second kappa shape index (κ2) is 5.54. The number of anilines is 1. The van der Waals surface area contributed by atoms with Gasteiger partial charge in [-0.05, 0) is 11.1 Å². The molecule has 102 valence electrons. The fourth-order valence-corrected chi connectivity index (χ4v) is 2.04. The summed E-state index contributed by atoms with van der Waals surface area (Å²) in [4.78, 5) is 3.39. The van der Waals surface area contributed by atoms with Crippen LogP contribution in [0.1, 0.15) is 17.0 Å². The molecule has 0 fully saturated rings. The third kappa shape index (κ3) is 3.65. The van der Waals surface area contributed by atoms with E-state index in [4.69, 9.17) is 5.73 Å². The minimum atomic E-state index is -4.50. The van der Waals surface area contributed by atoms with Crippen LogP contribution >= 0.6 is 11.5 Å². The molecule has 1 aromatic heterocycles. The van der Waals surface area contributed by atoms with Gasteiger partial charge in [0.2, 0.25) is 11.0 Å². The number of nitrogens with zero attached hydrogens (tertiary/aromatic N) is 2. The molecule has 2 aromatic rings. The van der Waals surface area contributed by atoms with Crippen LogP contribution in [0.5, 0.6) is 0 Å². The highest BCUT2D eigenvalue weighted by Gasteiger charge is 2.36. The molecule has 0 amide bonds. The average Bonchev–Trinajstić information content (AvgIpc) is 2.85. The molecule has 4 nitrogen and oxygen atoms in total. The van der Waals surface area contributed by atoms with Crippen LogP contribution < -0.4 is 11.1 Å². The Hall–Kier alpha value is -1.67. The van der Waals surface area contributed by atoms with E-state index in [1.807, 2.05) is 24.3 Å². The largest absolute Gasteiger partial charge is 0.452 e. The number of nitrogens with one attached hydrogen (secondary N) is 1. The highest BCUT2D eigenvalue weighted by atomic mass is 32.1. The van der Waals surface area contributed by atoms with Gasteiger partial charge in [-0.15, -0.1) is 0 Å². The van der Waals surface area contributed by atoms with Crippen LogP contribution in [-0.2, 0) is 19.3 Å². The van der Waals surface area contributed by atoms with Crippen molar-refractivity contribution in [2.45, 2.75) is 19.3 Å². The summed E-state index contributed by atoms with van der Waals surface area (Å²) in [5.41, 5.74) is 7.40. The van der Waals surface area contributed by atoms with E-state index in [0.717, 1.165) is 11.1 Å². The Balaban J connectivity index is 2.00. The monoisotopic (exact) mass is 288 g/mol. The van der Waals surface area contributed by atoms with Crippen molar-refractivity contribution < 1.29 is 13.2 Å². The van der Waals surface area contributed by atoms with Crippen LogP contribution in [-0.4, -0.2) is 9.36 Å². The maximum absolute atomic E-state index is 12.3. The summed E-state index contributed by atoms with van der Waals surface area (Å²) in [5.74, 6) is -1.12. The number of rotatable bonds is 4. The van der Waals surface area contributed by atoms with Gasteiger partial charge in [-0.1, -0.05) is 24.3 Å². The van der Waals surface area contributed by atoms with Gasteiger partial charge in [0, 0.05) is 24.6 Å². The van der Waals surface area contributed by atoms with Crippen LogP contribution in [0, 0.1) is 0 Å². The Morgan fingerprint density at radius 2 is 2.00 bits per heavy atom. The van der Waals surface area contributed by atoms with Crippen molar-refractivity contribution in [2.75, 3.05) is 5.32 Å². The molecule has 19 heavy (non-hydrogen) atoms. The lowest BCUT2D eigenvalue weighted by molar-refractivity contribution is -0.144. The maximum atomic E-state index is 12.3. The van der Waals surface area contributed by atoms with Gasteiger partial charge in [0.25, 0.3) is 0 Å². The number of halogens is 3. The number of aromatic nitrogens is 2. The summed E-state index contributed by atoms with van der Waals surface area (Å²) in [6, 6.07) is 7.48. The molecule has 0 bridgehead atoms. The van der Waals surface area contributed by atoms with Crippen LogP contribution in [0.2, 0.25) is 0 Å². The second-order valence-electron chi connectivity index (χ2n) is 3.80. The van der Waals surface area contributed by atoms with Crippen molar-refractivity contribution in [1.82, 2.24) is 9.36 Å². The number of hydrogen-bond donors (Lipinski definition) is 2. The van der Waals surface area contributed by atoms with Gasteiger partial charge in [0.1, 0.15) is 0 Å². The normalized spacial score (nSPS) is 11.6. The topological polar surface area (TPSA) is 63.8 Å². The van der Waals surface area contributed by atoms with Crippen molar-refractivity contribution in [2.24, 2.45) is 5.73 Å². The van der Waals surface area contributed by atoms with Crippen LogP contribution in [0.4, 0.5) is 18.3 Å². The molecule has 0 atom stereocenters. The van der Waals surface area contributed by atoms with Gasteiger partial charge >= 0.3 is 6.18 Å². The smallest absolute Gasteiger partial charge is 0.356 e. The van der Waals surface area contributed by atoms with Crippen LogP contribution in [0.25, 0.3) is 0 Å². The molecule has 0 saturated heterocycles. The molecule has 0 aliphatic rings. The Morgan fingerprint density at radius 1 is 1.26 bits per heavy atom. The van der Waals surface area contributed by atoms with Crippen molar-refractivity contribution in [1.29, 1.82) is 0 Å². The van der Waals surface area contributed by atoms with Crippen molar-refractivity contribution >= 4 is 16.7 Å². The number of alkyl halides is 3. The van der Waals surface area contributed by atoms with Gasteiger partial charge in [-0.3, -0.25) is 0 Å². The van der Waals surface area contributed by atoms with E-state index < -0.39 is 12.0 Å². The predicted octanol–water partition coefficient (Wildman–Crippen LogP) is 2.63. The van der Waals surface area contributed by atoms with Crippen LogP contribution in [0.3, 0.4) is 0 Å². The molecule has 0 saturated carbocycles. The number of benzene rings is 1. The molecular weight excluding hydrogens is 277 g/mol. The molecule has 0 unspecified atom stereocenters. The standard InChI is InChI=1S/C11H11F3N4S/c12-11(13,14)9-17-10(19-18-9)16-6-8-3-1-2-7(4-8)5-15/h1-4H,5-6,15H2,(H,16,17,18). The van der Waals surface area contributed by atoms with Gasteiger partial charge in [0.05, 0.1) is 0 Å². The lowest BCUT2D eigenvalue weighted by Gasteiger charge is -2.04. The van der Waals surface area contributed by atoms with Crippen molar-refractivity contribution in [3.63, 3.8) is 0 Å². The zero-order valence-electron chi connectivity index (χ0n) is 9.74. The lowest BCUT2D eigenvalue weighted by Crippen LogP contribution is -2.07. The first-order valence-electron chi connectivity index (χ1n) is 5.41. The molecule has 1 heterocycles. The van der Waals surface area contributed by atoms with Gasteiger partial charge in [-0.25, -0.2) is 0 Å². The summed E-state index contributed by atoms with van der Waals surface area (Å²) in [6.07, 6.45) is -4.50. The first kappa shape index (κ1) is 13.8. The SMILES string of the molecule is NCc1cccc(CNc2nc(C(F)(F)F)ns2)c1. The highest BCUT2D eigenvalue weighted by Crippen LogP contribution is 2.29. The van der Waals surface area contributed by atoms with E-state index in [2.05, 4.69) is 14.7 Å². The summed E-state index contributed by atoms with van der Waals surface area (Å²) in [5, 5.41) is 2.95. The Kier molecular flexibility index (Phi) is 4.01. The zero-order valence-corrected chi connectivity index (χ0v) is 10.6. The van der Waals surface area contributed by atoms with Gasteiger partial charge < -0.3 is 11.1 Å². The van der Waals surface area contributed by atoms with E-state index in [1.165, 1.54) is 0 Å². The molecular formula is C11H11F3N4S. The second-order valence-corrected chi connectivity index (χ2v) is 4.55. The molecule has 1 aromatic carbocycles. The van der Waals surface area contributed by atoms with E-state index in [0.29, 0.717) is 24.6 Å². The molecule has 2 rings (SSSR count). The van der Waals surface area contributed by atoms with E-state index in [-0.39, 0.29) is 5.13 Å². The summed E-state index contributed by atoms with van der Waals surface area (Å²) >= 11 is 0.689. The molecule has 0 radical (unpaired) electrons. The first-order valence-corrected chi connectivity index (χ1v) is 6.19. The van der Waals surface area contributed by atoms with Gasteiger partial charge in [0.15, 0.2) is 0 Å². The van der Waals surface area contributed by atoms with E-state index in [9.17, 15) is 13.2 Å². The fourth-order valence-electron chi connectivity index (χ4n) is 1.45. The molecule has 3 N–H and O–H groups in total. The predicted molar refractivity (Wildman–Crippen MR) is 66.6 cm³/mol. The zero-order chi connectivity index (χ0) is 13.9. The van der Waals surface area contributed by atoms with Crippen LogP contribution in [0.15, 0.2) is 24.3 Å². The fraction of sp³-hybridized carbons (Fsp3) is 0.273. The highest BCUT2D eigenvalue weighted by molar-refractivity contribution is 7.09. The molecule has 0 spiro atoms. The third-order valence-corrected chi connectivity index (χ3v) is 3.02. The number of hydrogen-bond acceptors (Lipinski definition) is 5. The molecule has 8 heteroatoms. The molecule has 0 aliphatic heterocycles. The number of nitrogens with two attached hydrogens (primary N) is 1.